The van der Waals surface area contributed by atoms with Crippen LogP contribution in [0.1, 0.15) is 22.9 Å². The second-order valence-corrected chi connectivity index (χ2v) is 8.47. The summed E-state index contributed by atoms with van der Waals surface area (Å²) in [5, 5.41) is 11.1. The third kappa shape index (κ3) is 6.52. The second-order valence-electron chi connectivity index (χ2n) is 5.51. The molecular weight excluding hydrogens is 401 g/mol. The summed E-state index contributed by atoms with van der Waals surface area (Å²) >= 11 is 1.05. The van der Waals surface area contributed by atoms with Crippen molar-refractivity contribution in [1.29, 1.82) is 0 Å². The minimum Gasteiger partial charge on any atom is -0.357 e. The van der Waals surface area contributed by atoms with Gasteiger partial charge in [0.1, 0.15) is 4.21 Å². The number of nitrogens with zero attached hydrogens (tertiary/aromatic N) is 1. The van der Waals surface area contributed by atoms with Crippen LogP contribution in [0.15, 0.2) is 45.6 Å². The summed E-state index contributed by atoms with van der Waals surface area (Å²) in [5.41, 5.74) is -0.0727. The lowest BCUT2D eigenvalue weighted by Gasteiger charge is -2.11. The highest BCUT2D eigenvalue weighted by atomic mass is 32.2. The molecule has 0 fully saturated rings. The molecular formula is C16H19F3N4O2S2. The topological polar surface area (TPSA) is 96.6 Å². The van der Waals surface area contributed by atoms with Crippen molar-refractivity contribution in [3.63, 3.8) is 0 Å². The molecule has 0 aliphatic heterocycles. The van der Waals surface area contributed by atoms with Gasteiger partial charge in [-0.2, -0.15) is 13.2 Å². The number of benzene rings is 1. The van der Waals surface area contributed by atoms with Crippen LogP contribution in [0.25, 0.3) is 0 Å². The lowest BCUT2D eigenvalue weighted by molar-refractivity contribution is -0.137. The third-order valence-electron chi connectivity index (χ3n) is 3.39. The minimum absolute atomic E-state index is 0.0750. The van der Waals surface area contributed by atoms with Crippen LogP contribution in [0.2, 0.25) is 0 Å². The highest BCUT2D eigenvalue weighted by molar-refractivity contribution is 7.91. The highest BCUT2D eigenvalue weighted by Gasteiger charge is 2.29. The Hall–Kier alpha value is -2.11. The summed E-state index contributed by atoms with van der Waals surface area (Å²) in [4.78, 5) is 5.07. The molecule has 0 spiro atoms. The first-order valence-corrected chi connectivity index (χ1v) is 10.3. The number of nitrogens with two attached hydrogens (primary N) is 1. The van der Waals surface area contributed by atoms with Crippen molar-refractivity contribution in [3.8, 4) is 0 Å². The molecule has 0 bridgehead atoms. The highest BCUT2D eigenvalue weighted by Crippen LogP contribution is 2.29. The number of thiophene rings is 1. The second kappa shape index (κ2) is 8.72. The van der Waals surface area contributed by atoms with Gasteiger partial charge in [0.05, 0.1) is 18.7 Å². The molecule has 0 saturated carbocycles. The molecule has 2 aromatic rings. The fourth-order valence-corrected chi connectivity index (χ4v) is 3.81. The van der Waals surface area contributed by atoms with Crippen LogP contribution < -0.4 is 15.8 Å². The van der Waals surface area contributed by atoms with Gasteiger partial charge in [-0.15, -0.1) is 11.3 Å². The van der Waals surface area contributed by atoms with Gasteiger partial charge in [-0.05, 0) is 36.8 Å². The summed E-state index contributed by atoms with van der Waals surface area (Å²) in [6.07, 6.45) is -4.37. The molecule has 11 heteroatoms. The molecule has 6 nitrogen and oxygen atoms in total. The van der Waals surface area contributed by atoms with Crippen molar-refractivity contribution in [3.05, 3.63) is 52.4 Å². The maximum Gasteiger partial charge on any atom is 0.416 e. The van der Waals surface area contributed by atoms with Gasteiger partial charge in [-0.3, -0.25) is 0 Å². The van der Waals surface area contributed by atoms with Crippen molar-refractivity contribution in [2.75, 3.05) is 6.54 Å². The Morgan fingerprint density at radius 1 is 1.15 bits per heavy atom. The van der Waals surface area contributed by atoms with Gasteiger partial charge in [-0.1, -0.05) is 12.1 Å². The van der Waals surface area contributed by atoms with Gasteiger partial charge in [0.2, 0.25) is 10.0 Å². The zero-order valence-electron chi connectivity index (χ0n) is 14.4. The zero-order valence-corrected chi connectivity index (χ0v) is 16.0. The summed E-state index contributed by atoms with van der Waals surface area (Å²) < 4.78 is 60.4. The van der Waals surface area contributed by atoms with Gasteiger partial charge in [0.15, 0.2) is 5.96 Å². The maximum absolute atomic E-state index is 12.6. The van der Waals surface area contributed by atoms with E-state index < -0.39 is 21.8 Å². The Morgan fingerprint density at radius 2 is 1.81 bits per heavy atom. The Kier molecular flexibility index (Phi) is 6.84. The number of hydrogen-bond donors (Lipinski definition) is 3. The molecule has 4 N–H and O–H groups in total. The predicted octanol–water partition coefficient (Wildman–Crippen LogP) is 2.67. The quantitative estimate of drug-likeness (QED) is 0.495. The van der Waals surface area contributed by atoms with E-state index in [1.165, 1.54) is 18.2 Å². The number of rotatable bonds is 6. The van der Waals surface area contributed by atoms with Crippen molar-refractivity contribution in [2.45, 2.75) is 30.4 Å². The van der Waals surface area contributed by atoms with Gasteiger partial charge < -0.3 is 10.6 Å². The maximum atomic E-state index is 12.6. The van der Waals surface area contributed by atoms with Gasteiger partial charge in [0.25, 0.3) is 0 Å². The third-order valence-corrected chi connectivity index (χ3v) is 5.92. The van der Waals surface area contributed by atoms with E-state index in [2.05, 4.69) is 15.6 Å². The number of hydrogen-bond acceptors (Lipinski definition) is 4. The Balaban J connectivity index is 2.00. The summed E-state index contributed by atoms with van der Waals surface area (Å²) in [6, 6.07) is 7.89. The average molecular weight is 420 g/mol. The molecule has 27 heavy (non-hydrogen) atoms. The SMILES string of the molecule is CCNC(=NCc1ccc(C(F)(F)F)cc1)NCc1ccc(S(N)(=O)=O)s1. The van der Waals surface area contributed by atoms with Crippen LogP contribution in [-0.4, -0.2) is 20.9 Å². The van der Waals surface area contributed by atoms with E-state index >= 15 is 0 Å². The Labute approximate surface area is 159 Å². The number of nitrogens with one attached hydrogen (secondary N) is 2. The van der Waals surface area contributed by atoms with Crippen LogP contribution in [0.5, 0.6) is 0 Å². The van der Waals surface area contributed by atoms with Crippen molar-refractivity contribution in [1.82, 2.24) is 10.6 Å². The summed E-state index contributed by atoms with van der Waals surface area (Å²) in [5.74, 6) is 0.461. The molecule has 1 aromatic heterocycles. The van der Waals surface area contributed by atoms with E-state index in [9.17, 15) is 21.6 Å². The number of guanidine groups is 1. The number of aliphatic imine (C=N–C) groups is 1. The molecule has 0 aliphatic carbocycles. The van der Waals surface area contributed by atoms with E-state index in [4.69, 9.17) is 5.14 Å². The summed E-state index contributed by atoms with van der Waals surface area (Å²) in [6.45, 7) is 2.99. The Morgan fingerprint density at radius 3 is 2.33 bits per heavy atom. The zero-order chi connectivity index (χ0) is 20.1. The van der Waals surface area contributed by atoms with Crippen molar-refractivity contribution >= 4 is 27.3 Å². The molecule has 2 rings (SSSR count). The predicted molar refractivity (Wildman–Crippen MR) is 98.8 cm³/mol. The van der Waals surface area contributed by atoms with Gasteiger partial charge >= 0.3 is 6.18 Å². The largest absolute Gasteiger partial charge is 0.416 e. The van der Waals surface area contributed by atoms with Crippen LogP contribution in [0, 0.1) is 0 Å². The first-order chi connectivity index (χ1) is 12.6. The summed E-state index contributed by atoms with van der Waals surface area (Å²) in [7, 11) is -3.73. The fraction of sp³-hybridized carbons (Fsp3) is 0.312. The molecule has 1 aromatic carbocycles. The molecule has 0 unspecified atom stereocenters. The average Bonchev–Trinajstić information content (AvgIpc) is 3.06. The lowest BCUT2D eigenvalue weighted by atomic mass is 10.1. The number of halogens is 3. The van der Waals surface area contributed by atoms with Crippen LogP contribution >= 0.6 is 11.3 Å². The number of alkyl halides is 3. The van der Waals surface area contributed by atoms with E-state index in [1.807, 2.05) is 6.92 Å². The molecule has 148 valence electrons. The molecule has 0 saturated heterocycles. The number of sulfonamides is 1. The minimum atomic E-state index is -4.37. The lowest BCUT2D eigenvalue weighted by Crippen LogP contribution is -2.36. The van der Waals surface area contributed by atoms with E-state index in [1.54, 1.807) is 6.07 Å². The fourth-order valence-electron chi connectivity index (χ4n) is 2.09. The molecule has 1 heterocycles. The smallest absolute Gasteiger partial charge is 0.357 e. The van der Waals surface area contributed by atoms with E-state index in [0.717, 1.165) is 28.3 Å². The first kappa shape index (κ1) is 21.2. The van der Waals surface area contributed by atoms with E-state index in [-0.39, 0.29) is 10.8 Å². The van der Waals surface area contributed by atoms with Crippen molar-refractivity contribution in [2.24, 2.45) is 10.1 Å². The van der Waals surface area contributed by atoms with E-state index in [0.29, 0.717) is 24.6 Å². The first-order valence-electron chi connectivity index (χ1n) is 7.89. The van der Waals surface area contributed by atoms with Crippen LogP contribution in [-0.2, 0) is 29.3 Å². The van der Waals surface area contributed by atoms with Crippen molar-refractivity contribution < 1.29 is 21.6 Å². The molecule has 0 aliphatic rings. The normalized spacial score (nSPS) is 12.9. The van der Waals surface area contributed by atoms with Gasteiger partial charge in [-0.25, -0.2) is 18.5 Å². The molecule has 0 atom stereocenters. The number of primary sulfonamides is 1. The standard InChI is InChI=1S/C16H19F3N4O2S2/c1-2-21-15(23-10-13-7-8-14(26-13)27(20,24)25)22-9-11-3-5-12(6-4-11)16(17,18)19/h3-8H,2,9-10H2,1H3,(H2,20,24,25)(H2,21,22,23). The van der Waals surface area contributed by atoms with Gasteiger partial charge in [0, 0.05) is 11.4 Å². The monoisotopic (exact) mass is 420 g/mol. The van der Waals surface area contributed by atoms with Crippen LogP contribution in [0.3, 0.4) is 0 Å². The Bertz CT molecular complexity index is 891. The van der Waals surface area contributed by atoms with Crippen LogP contribution in [0.4, 0.5) is 13.2 Å². The molecule has 0 amide bonds. The molecule has 0 radical (unpaired) electrons.